The van der Waals surface area contributed by atoms with Gasteiger partial charge in [-0.25, -0.2) is 17.8 Å². The third-order valence-electron chi connectivity index (χ3n) is 6.20. The van der Waals surface area contributed by atoms with Gasteiger partial charge < -0.3 is 14.8 Å². The minimum Gasteiger partial charge on any atom is -0.569 e. The number of rotatable bonds is 9. The third kappa shape index (κ3) is 7.15. The number of benzene rings is 2. The number of nitrogens with zero attached hydrogens (tertiary/aromatic N) is 5. The Hall–Kier alpha value is -4.67. The second kappa shape index (κ2) is 12.1. The fourth-order valence-corrected chi connectivity index (χ4v) is 5.08. The predicted octanol–water partition coefficient (Wildman–Crippen LogP) is 3.32. The molecular weight excluding hydrogens is 585 g/mol. The van der Waals surface area contributed by atoms with Gasteiger partial charge in [0, 0.05) is 12.5 Å². The van der Waals surface area contributed by atoms with Gasteiger partial charge >= 0.3 is 12.1 Å². The van der Waals surface area contributed by atoms with Crippen LogP contribution in [-0.2, 0) is 35.4 Å². The van der Waals surface area contributed by atoms with E-state index >= 15 is 0 Å². The van der Waals surface area contributed by atoms with Crippen LogP contribution in [0.15, 0.2) is 64.8 Å². The van der Waals surface area contributed by atoms with Crippen LogP contribution in [0.25, 0.3) is 16.9 Å². The molecule has 1 amide bonds. The lowest BCUT2D eigenvalue weighted by Gasteiger charge is -2.13. The molecule has 4 rings (SSSR count). The molecule has 1 aromatic heterocycles. The first kappa shape index (κ1) is 30.3. The summed E-state index contributed by atoms with van der Waals surface area (Å²) in [6.45, 7) is 2.30. The zero-order valence-electron chi connectivity index (χ0n) is 22.2. The Morgan fingerprint density at radius 1 is 1.17 bits per heavy atom. The van der Waals surface area contributed by atoms with E-state index < -0.39 is 46.5 Å². The van der Waals surface area contributed by atoms with E-state index in [1.165, 1.54) is 12.1 Å². The molecular formula is C25H25F3N6O7S. The number of carbonyl (C=O) groups excluding carboxylic acids is 2. The van der Waals surface area contributed by atoms with Crippen LogP contribution in [0.3, 0.4) is 0 Å². The highest BCUT2D eigenvalue weighted by Crippen LogP contribution is 2.33. The quantitative estimate of drug-likeness (QED) is 0.0958. The lowest BCUT2D eigenvalue weighted by atomic mass is 10.1. The van der Waals surface area contributed by atoms with Crippen molar-refractivity contribution in [2.45, 2.75) is 31.3 Å². The summed E-state index contributed by atoms with van der Waals surface area (Å²) in [6, 6.07) is 12.5. The van der Waals surface area contributed by atoms with E-state index in [-0.39, 0.29) is 40.8 Å². The molecule has 0 saturated carbocycles. The SMILES string of the molecule is CC(=O)OCO/N=[N+](/[O-])N1CCC(C(=O)NS(=O)(=O)c2ccc(-n3nc(C(F)(F)F)cc3-c3ccc(C)cc3)cc2)C1. The van der Waals surface area contributed by atoms with Gasteiger partial charge in [0.05, 0.1) is 40.3 Å². The highest BCUT2D eigenvalue weighted by molar-refractivity contribution is 7.90. The van der Waals surface area contributed by atoms with Crippen LogP contribution in [0.4, 0.5) is 13.2 Å². The van der Waals surface area contributed by atoms with Gasteiger partial charge in [0.1, 0.15) is 0 Å². The van der Waals surface area contributed by atoms with E-state index in [0.717, 1.165) is 40.4 Å². The minimum atomic E-state index is -4.71. The number of aryl methyl sites for hydroxylation is 1. The van der Waals surface area contributed by atoms with Crippen LogP contribution in [0.2, 0.25) is 0 Å². The molecule has 1 N–H and O–H groups in total. The summed E-state index contributed by atoms with van der Waals surface area (Å²) >= 11 is 0. The topological polar surface area (TPSA) is 158 Å². The van der Waals surface area contributed by atoms with Crippen molar-refractivity contribution in [3.8, 4) is 16.9 Å². The predicted molar refractivity (Wildman–Crippen MR) is 138 cm³/mol. The van der Waals surface area contributed by atoms with Gasteiger partial charge in [-0.2, -0.15) is 18.3 Å². The van der Waals surface area contributed by atoms with Crippen LogP contribution in [0.1, 0.15) is 24.6 Å². The Labute approximate surface area is 237 Å². The maximum atomic E-state index is 13.5. The summed E-state index contributed by atoms with van der Waals surface area (Å²) in [5.74, 6) is -2.37. The monoisotopic (exact) mass is 610 g/mol. The van der Waals surface area contributed by atoms with Gasteiger partial charge in [-0.15, -0.1) is 5.01 Å². The Kier molecular flexibility index (Phi) is 8.70. The minimum absolute atomic E-state index is 0.0638. The molecule has 224 valence electrons. The van der Waals surface area contributed by atoms with Crippen molar-refractivity contribution in [1.29, 1.82) is 0 Å². The number of hydrogen-bond donors (Lipinski definition) is 1. The average Bonchev–Trinajstić information content (AvgIpc) is 3.60. The molecule has 1 fully saturated rings. The number of aromatic nitrogens is 2. The van der Waals surface area contributed by atoms with Crippen molar-refractivity contribution in [2.24, 2.45) is 11.2 Å². The fourth-order valence-electron chi connectivity index (χ4n) is 4.03. The fraction of sp³-hybridized carbons (Fsp3) is 0.320. The van der Waals surface area contributed by atoms with Gasteiger partial charge in [-0.05, 0) is 43.7 Å². The number of esters is 1. The number of amides is 1. The van der Waals surface area contributed by atoms with Gasteiger partial charge in [0.15, 0.2) is 5.69 Å². The van der Waals surface area contributed by atoms with E-state index in [1.54, 1.807) is 24.3 Å². The molecule has 13 nitrogen and oxygen atoms in total. The average molecular weight is 611 g/mol. The first-order chi connectivity index (χ1) is 19.7. The van der Waals surface area contributed by atoms with E-state index in [2.05, 4.69) is 20.0 Å². The van der Waals surface area contributed by atoms with E-state index in [0.29, 0.717) is 5.56 Å². The smallest absolute Gasteiger partial charge is 0.435 e. The van der Waals surface area contributed by atoms with Crippen molar-refractivity contribution in [2.75, 3.05) is 19.9 Å². The molecule has 0 aliphatic carbocycles. The second-order valence-electron chi connectivity index (χ2n) is 9.27. The molecule has 17 heteroatoms. The van der Waals surface area contributed by atoms with Gasteiger partial charge in [0.25, 0.3) is 16.8 Å². The van der Waals surface area contributed by atoms with Crippen LogP contribution < -0.4 is 4.72 Å². The van der Waals surface area contributed by atoms with Crippen LogP contribution in [0.5, 0.6) is 0 Å². The maximum Gasteiger partial charge on any atom is 0.435 e. The Balaban J connectivity index is 1.46. The molecule has 2 aromatic carbocycles. The zero-order chi connectivity index (χ0) is 30.7. The zero-order valence-corrected chi connectivity index (χ0v) is 23.1. The first-order valence-electron chi connectivity index (χ1n) is 12.3. The Morgan fingerprint density at radius 3 is 2.45 bits per heavy atom. The van der Waals surface area contributed by atoms with E-state index in [1.807, 2.05) is 11.6 Å². The second-order valence-corrected chi connectivity index (χ2v) is 11.0. The highest BCUT2D eigenvalue weighted by atomic mass is 32.2. The number of nitrogens with one attached hydrogen (secondary N) is 1. The summed E-state index contributed by atoms with van der Waals surface area (Å²) in [5.41, 5.74) is 0.570. The normalized spacial score (nSPS) is 15.9. The van der Waals surface area contributed by atoms with Gasteiger partial charge in [-0.3, -0.25) is 9.59 Å². The van der Waals surface area contributed by atoms with Crippen molar-refractivity contribution < 1.29 is 45.7 Å². The van der Waals surface area contributed by atoms with Crippen molar-refractivity contribution >= 4 is 21.9 Å². The number of alkyl halides is 3. The number of carbonyl (C=O) groups is 2. The van der Waals surface area contributed by atoms with Crippen LogP contribution >= 0.6 is 0 Å². The first-order valence-corrected chi connectivity index (χ1v) is 13.8. The number of hydrogen-bond acceptors (Lipinski definition) is 9. The summed E-state index contributed by atoms with van der Waals surface area (Å²) in [6.07, 6.45) is -4.57. The van der Waals surface area contributed by atoms with Gasteiger partial charge in [0.2, 0.25) is 11.2 Å². The Bertz CT molecular complexity index is 1590. The van der Waals surface area contributed by atoms with Crippen LogP contribution in [-0.4, -0.2) is 59.9 Å². The highest BCUT2D eigenvalue weighted by Gasteiger charge is 2.36. The molecule has 0 spiro atoms. The molecule has 3 aromatic rings. The molecule has 0 radical (unpaired) electrons. The molecule has 0 bridgehead atoms. The van der Waals surface area contributed by atoms with Crippen molar-refractivity contribution in [3.63, 3.8) is 0 Å². The van der Waals surface area contributed by atoms with Crippen LogP contribution in [0, 0.1) is 18.0 Å². The largest absolute Gasteiger partial charge is 0.569 e. The molecule has 1 aliphatic heterocycles. The van der Waals surface area contributed by atoms with Crippen molar-refractivity contribution in [1.82, 2.24) is 19.5 Å². The van der Waals surface area contributed by atoms with E-state index in [9.17, 15) is 36.4 Å². The molecule has 1 aliphatic rings. The number of hydrazine groups is 1. The number of halogens is 3. The molecule has 1 atom stereocenters. The third-order valence-corrected chi connectivity index (χ3v) is 7.56. The lowest BCUT2D eigenvalue weighted by molar-refractivity contribution is -0.708. The molecule has 1 unspecified atom stereocenters. The summed E-state index contributed by atoms with van der Waals surface area (Å²) in [4.78, 5) is 27.7. The Morgan fingerprint density at radius 2 is 1.83 bits per heavy atom. The summed E-state index contributed by atoms with van der Waals surface area (Å²) in [5, 5.41) is 20.0. The summed E-state index contributed by atoms with van der Waals surface area (Å²) in [7, 11) is -4.36. The standard InChI is InChI=1S/C25H25F3N6O7S/c1-16-3-5-18(6-4-16)22-13-23(25(26,27)28)29-33(22)20-7-9-21(10-8-20)42(38,39)30-24(36)19-11-12-32(14-19)34(37)31-41-15-40-17(2)35/h3-10,13,19H,11-12,14-15H2,1-2H3,(H,30,36)/b34-31+. The number of ether oxygens (including phenoxy) is 1. The number of sulfonamides is 1. The van der Waals surface area contributed by atoms with E-state index in [4.69, 9.17) is 0 Å². The molecule has 2 heterocycles. The van der Waals surface area contributed by atoms with Gasteiger partial charge in [-0.1, -0.05) is 29.8 Å². The molecule has 1 saturated heterocycles. The van der Waals surface area contributed by atoms with Crippen molar-refractivity contribution in [3.05, 3.63) is 71.1 Å². The summed E-state index contributed by atoms with van der Waals surface area (Å²) < 4.78 is 73.6. The maximum absolute atomic E-state index is 13.5. The molecule has 42 heavy (non-hydrogen) atoms. The lowest BCUT2D eigenvalue weighted by Crippen LogP contribution is -2.37.